The van der Waals surface area contributed by atoms with Crippen molar-refractivity contribution in [2.45, 2.75) is 64.0 Å². The van der Waals surface area contributed by atoms with Crippen molar-refractivity contribution in [3.05, 3.63) is 36.0 Å². The van der Waals surface area contributed by atoms with Gasteiger partial charge in [-0.3, -0.25) is 0 Å². The fourth-order valence-corrected chi connectivity index (χ4v) is 3.92. The van der Waals surface area contributed by atoms with Gasteiger partial charge < -0.3 is 19.5 Å². The number of nitrogens with one attached hydrogen (secondary N) is 1. The molecular weight excluding hydrogens is 344 g/mol. The number of urea groups is 1. The van der Waals surface area contributed by atoms with Crippen LogP contribution in [0.15, 0.2) is 28.8 Å². The van der Waals surface area contributed by atoms with E-state index in [0.717, 1.165) is 43.5 Å². The van der Waals surface area contributed by atoms with E-state index in [1.807, 2.05) is 24.3 Å². The lowest BCUT2D eigenvalue weighted by Crippen LogP contribution is -2.41. The Morgan fingerprint density at radius 2 is 2.04 bits per heavy atom. The number of carbonyl (C=O) groups excluding carboxylic acids is 1. The van der Waals surface area contributed by atoms with Crippen LogP contribution < -0.4 is 10.1 Å². The molecule has 1 atom stereocenters. The molecule has 0 radical (unpaired) electrons. The van der Waals surface area contributed by atoms with Crippen LogP contribution in [0.2, 0.25) is 0 Å². The number of aromatic nitrogens is 2. The number of carbonyl (C=O) groups is 1. The molecule has 1 aromatic heterocycles. The topological polar surface area (TPSA) is 80.5 Å². The second kappa shape index (κ2) is 7.98. The molecule has 1 N–H and O–H groups in total. The summed E-state index contributed by atoms with van der Waals surface area (Å²) in [6.07, 6.45) is 7.82. The molecule has 1 aliphatic carbocycles. The summed E-state index contributed by atoms with van der Waals surface area (Å²) < 4.78 is 11.4. The average Bonchev–Trinajstić information content (AvgIpc) is 3.34. The standard InChI is InChI=1S/C20H26N4O3/c1-14-21-19(27-23-14)18-11-4-5-12-24(18)20(25)22-15-7-6-10-17(13-15)26-16-8-2-3-9-16/h6-7,10,13,16,18H,2-5,8-9,11-12H2,1H3,(H,22,25)/t18-/m1/s1. The molecule has 1 saturated heterocycles. The lowest BCUT2D eigenvalue weighted by Gasteiger charge is -2.33. The molecule has 1 aliphatic heterocycles. The van der Waals surface area contributed by atoms with Crippen LogP contribution in [0, 0.1) is 6.92 Å². The number of aryl methyl sites for hydroxylation is 1. The van der Waals surface area contributed by atoms with Crippen molar-refractivity contribution in [3.63, 3.8) is 0 Å². The van der Waals surface area contributed by atoms with Crippen LogP contribution in [-0.4, -0.2) is 33.7 Å². The van der Waals surface area contributed by atoms with Crippen molar-refractivity contribution in [2.24, 2.45) is 0 Å². The second-order valence-electron chi connectivity index (χ2n) is 7.37. The molecule has 2 fully saturated rings. The number of nitrogens with zero attached hydrogens (tertiary/aromatic N) is 3. The van der Waals surface area contributed by atoms with Gasteiger partial charge >= 0.3 is 6.03 Å². The lowest BCUT2D eigenvalue weighted by molar-refractivity contribution is 0.142. The highest BCUT2D eigenvalue weighted by Gasteiger charge is 2.32. The number of ether oxygens (including phenoxy) is 1. The predicted octanol–water partition coefficient (Wildman–Crippen LogP) is 4.46. The maximum atomic E-state index is 12.9. The van der Waals surface area contributed by atoms with Gasteiger partial charge in [0, 0.05) is 18.3 Å². The Bertz CT molecular complexity index is 785. The first-order chi connectivity index (χ1) is 13.2. The van der Waals surface area contributed by atoms with Gasteiger partial charge in [-0.15, -0.1) is 0 Å². The van der Waals surface area contributed by atoms with Gasteiger partial charge in [0.2, 0.25) is 5.89 Å². The van der Waals surface area contributed by atoms with E-state index in [0.29, 0.717) is 24.4 Å². The fourth-order valence-electron chi connectivity index (χ4n) is 3.92. The average molecular weight is 370 g/mol. The van der Waals surface area contributed by atoms with Crippen LogP contribution >= 0.6 is 0 Å². The quantitative estimate of drug-likeness (QED) is 0.859. The fraction of sp³-hybridized carbons (Fsp3) is 0.550. The highest BCUT2D eigenvalue weighted by Crippen LogP contribution is 2.31. The van der Waals surface area contributed by atoms with E-state index >= 15 is 0 Å². The van der Waals surface area contributed by atoms with Gasteiger partial charge in [-0.2, -0.15) is 4.98 Å². The van der Waals surface area contributed by atoms with Gasteiger partial charge in [-0.1, -0.05) is 11.2 Å². The van der Waals surface area contributed by atoms with Gasteiger partial charge in [-0.05, 0) is 64.0 Å². The van der Waals surface area contributed by atoms with Gasteiger partial charge in [-0.25, -0.2) is 4.79 Å². The molecular formula is C20H26N4O3. The summed E-state index contributed by atoms with van der Waals surface area (Å²) in [6, 6.07) is 7.32. The van der Waals surface area contributed by atoms with E-state index in [4.69, 9.17) is 9.26 Å². The number of anilines is 1. The van der Waals surface area contributed by atoms with E-state index in [9.17, 15) is 4.79 Å². The van der Waals surface area contributed by atoms with Gasteiger partial charge in [0.25, 0.3) is 0 Å². The molecule has 2 aliphatic rings. The molecule has 7 heteroatoms. The number of amides is 2. The highest BCUT2D eigenvalue weighted by molar-refractivity contribution is 5.89. The maximum absolute atomic E-state index is 12.9. The number of hydrogen-bond donors (Lipinski definition) is 1. The monoisotopic (exact) mass is 370 g/mol. The van der Waals surface area contributed by atoms with Crippen LogP contribution in [0.5, 0.6) is 5.75 Å². The van der Waals surface area contributed by atoms with E-state index in [1.165, 1.54) is 12.8 Å². The van der Waals surface area contributed by atoms with E-state index < -0.39 is 0 Å². The predicted molar refractivity (Wildman–Crippen MR) is 101 cm³/mol. The first-order valence-electron chi connectivity index (χ1n) is 9.83. The third-order valence-electron chi connectivity index (χ3n) is 5.28. The van der Waals surface area contributed by atoms with E-state index in [1.54, 1.807) is 11.8 Å². The number of benzene rings is 1. The van der Waals surface area contributed by atoms with Gasteiger partial charge in [0.1, 0.15) is 11.8 Å². The highest BCUT2D eigenvalue weighted by atomic mass is 16.5. The second-order valence-corrected chi connectivity index (χ2v) is 7.37. The first-order valence-corrected chi connectivity index (χ1v) is 9.83. The molecule has 0 unspecified atom stereocenters. The normalized spacial score (nSPS) is 20.6. The zero-order valence-electron chi connectivity index (χ0n) is 15.7. The van der Waals surface area contributed by atoms with Crippen molar-refractivity contribution in [1.82, 2.24) is 15.0 Å². The van der Waals surface area contributed by atoms with E-state index in [-0.39, 0.29) is 12.1 Å². The third kappa shape index (κ3) is 4.23. The Hall–Kier alpha value is -2.57. The summed E-state index contributed by atoms with van der Waals surface area (Å²) >= 11 is 0. The van der Waals surface area contributed by atoms with Crippen LogP contribution in [0.25, 0.3) is 0 Å². The number of likely N-dealkylation sites (tertiary alicyclic amines) is 1. The molecule has 0 spiro atoms. The van der Waals surface area contributed by atoms with Crippen molar-refractivity contribution in [2.75, 3.05) is 11.9 Å². The Morgan fingerprint density at radius 3 is 2.81 bits per heavy atom. The Morgan fingerprint density at radius 1 is 1.22 bits per heavy atom. The van der Waals surface area contributed by atoms with Gasteiger partial charge in [0.05, 0.1) is 6.10 Å². The SMILES string of the molecule is Cc1noc([C@H]2CCCCN2C(=O)Nc2cccc(OC3CCCC3)c2)n1. The summed E-state index contributed by atoms with van der Waals surface area (Å²) in [5.41, 5.74) is 0.738. The molecule has 144 valence electrons. The largest absolute Gasteiger partial charge is 0.490 e. The molecule has 0 bridgehead atoms. The van der Waals surface area contributed by atoms with Crippen LogP contribution in [0.1, 0.15) is 62.7 Å². The molecule has 1 aromatic carbocycles. The summed E-state index contributed by atoms with van der Waals surface area (Å²) in [6.45, 7) is 2.46. The number of rotatable bonds is 4. The maximum Gasteiger partial charge on any atom is 0.322 e. The van der Waals surface area contributed by atoms with Crippen molar-refractivity contribution in [1.29, 1.82) is 0 Å². The minimum atomic E-state index is -0.169. The Kier molecular flexibility index (Phi) is 5.27. The van der Waals surface area contributed by atoms with Crippen LogP contribution in [-0.2, 0) is 0 Å². The Labute approximate surface area is 159 Å². The number of piperidine rings is 1. The molecule has 27 heavy (non-hydrogen) atoms. The summed E-state index contributed by atoms with van der Waals surface area (Å²) in [5, 5.41) is 6.87. The van der Waals surface area contributed by atoms with Crippen molar-refractivity contribution in [3.8, 4) is 5.75 Å². The molecule has 2 amide bonds. The summed E-state index contributed by atoms with van der Waals surface area (Å²) in [5.74, 6) is 1.91. The molecule has 1 saturated carbocycles. The Balaban J connectivity index is 1.44. The minimum Gasteiger partial charge on any atom is -0.490 e. The van der Waals surface area contributed by atoms with Crippen LogP contribution in [0.3, 0.4) is 0 Å². The van der Waals surface area contributed by atoms with Crippen molar-refractivity contribution < 1.29 is 14.1 Å². The third-order valence-corrected chi connectivity index (χ3v) is 5.28. The smallest absolute Gasteiger partial charge is 0.322 e. The number of hydrogen-bond acceptors (Lipinski definition) is 5. The zero-order chi connectivity index (χ0) is 18.6. The summed E-state index contributed by atoms with van der Waals surface area (Å²) in [4.78, 5) is 19.0. The lowest BCUT2D eigenvalue weighted by atomic mass is 10.0. The minimum absolute atomic E-state index is 0.145. The molecule has 4 rings (SSSR count). The molecule has 2 heterocycles. The summed E-state index contributed by atoms with van der Waals surface area (Å²) in [7, 11) is 0. The van der Waals surface area contributed by atoms with E-state index in [2.05, 4.69) is 15.5 Å². The molecule has 2 aromatic rings. The molecule has 7 nitrogen and oxygen atoms in total. The zero-order valence-corrected chi connectivity index (χ0v) is 15.7. The van der Waals surface area contributed by atoms with Crippen LogP contribution in [0.4, 0.5) is 10.5 Å². The first kappa shape index (κ1) is 17.8. The van der Waals surface area contributed by atoms with Gasteiger partial charge in [0.15, 0.2) is 5.82 Å². The van der Waals surface area contributed by atoms with Crippen molar-refractivity contribution >= 4 is 11.7 Å².